The third-order valence-corrected chi connectivity index (χ3v) is 3.55. The second-order valence-electron chi connectivity index (χ2n) is 5.87. The van der Waals surface area contributed by atoms with Crippen molar-refractivity contribution in [3.63, 3.8) is 0 Å². The Morgan fingerprint density at radius 1 is 1.35 bits per heavy atom. The second kappa shape index (κ2) is 7.07. The Labute approximate surface area is 121 Å². The molecule has 0 radical (unpaired) electrons. The largest absolute Gasteiger partial charge is 0.496 e. The lowest BCUT2D eigenvalue weighted by Crippen LogP contribution is -2.50. The van der Waals surface area contributed by atoms with Crippen LogP contribution in [0.25, 0.3) is 0 Å². The maximum Gasteiger partial charge on any atom is 0.121 e. The van der Waals surface area contributed by atoms with Crippen LogP contribution in [0.5, 0.6) is 5.75 Å². The van der Waals surface area contributed by atoms with Gasteiger partial charge in [0.2, 0.25) is 0 Å². The van der Waals surface area contributed by atoms with Crippen molar-refractivity contribution in [2.45, 2.75) is 51.8 Å². The van der Waals surface area contributed by atoms with Gasteiger partial charge >= 0.3 is 0 Å². The molecular weight excluding hydrogens is 254 g/mol. The summed E-state index contributed by atoms with van der Waals surface area (Å²) in [6.45, 7) is 7.84. The Bertz CT molecular complexity index is 432. The number of nitrogens with one attached hydrogen (secondary N) is 1. The molecule has 0 saturated carbocycles. The van der Waals surface area contributed by atoms with Gasteiger partial charge in [0.1, 0.15) is 5.75 Å². The molecule has 3 N–H and O–H groups in total. The van der Waals surface area contributed by atoms with Gasteiger partial charge < -0.3 is 20.3 Å². The minimum atomic E-state index is -0.615. The molecule has 2 atom stereocenters. The number of aryl methyl sites for hydroxylation is 1. The van der Waals surface area contributed by atoms with Gasteiger partial charge in [-0.05, 0) is 50.5 Å². The van der Waals surface area contributed by atoms with Crippen LogP contribution in [-0.2, 0) is 0 Å². The van der Waals surface area contributed by atoms with Crippen molar-refractivity contribution in [3.05, 3.63) is 29.3 Å². The highest BCUT2D eigenvalue weighted by molar-refractivity contribution is 5.37. The predicted molar refractivity (Wildman–Crippen MR) is 81.1 cm³/mol. The molecule has 1 rings (SSSR count). The summed E-state index contributed by atoms with van der Waals surface area (Å²) in [4.78, 5) is 0. The van der Waals surface area contributed by atoms with E-state index in [-0.39, 0.29) is 12.6 Å². The number of aliphatic hydroxyl groups is 2. The van der Waals surface area contributed by atoms with Crippen LogP contribution in [-0.4, -0.2) is 35.5 Å². The molecule has 20 heavy (non-hydrogen) atoms. The molecule has 1 aromatic rings. The fourth-order valence-corrected chi connectivity index (χ4v) is 2.27. The quantitative estimate of drug-likeness (QED) is 0.717. The molecule has 4 heteroatoms. The first kappa shape index (κ1) is 17.0. The van der Waals surface area contributed by atoms with E-state index in [1.807, 2.05) is 45.9 Å². The van der Waals surface area contributed by atoms with E-state index in [1.54, 1.807) is 7.11 Å². The average Bonchev–Trinajstić information content (AvgIpc) is 2.44. The lowest BCUT2D eigenvalue weighted by Gasteiger charge is -2.33. The number of methoxy groups -OCH3 is 1. The van der Waals surface area contributed by atoms with E-state index in [0.29, 0.717) is 0 Å². The fraction of sp³-hybridized carbons (Fsp3) is 0.625. The van der Waals surface area contributed by atoms with Gasteiger partial charge in [0.25, 0.3) is 0 Å². The zero-order chi connectivity index (χ0) is 15.3. The number of benzene rings is 1. The molecule has 0 spiro atoms. The Balaban J connectivity index is 2.91. The summed E-state index contributed by atoms with van der Waals surface area (Å²) in [5.41, 5.74) is 1.44. The Morgan fingerprint density at radius 2 is 2.00 bits per heavy atom. The standard InChI is InChI=1S/C16H27NO3/c1-6-13(17-16(3,4)10-18)15(19)12-7-8-14(20-5)11(2)9-12/h7-9,13,15,17-19H,6,10H2,1-5H3. The molecule has 0 fully saturated rings. The summed E-state index contributed by atoms with van der Waals surface area (Å²) in [6.07, 6.45) is 0.158. The normalized spacial score (nSPS) is 14.9. The Morgan fingerprint density at radius 3 is 2.45 bits per heavy atom. The van der Waals surface area contributed by atoms with E-state index < -0.39 is 11.6 Å². The van der Waals surface area contributed by atoms with Crippen LogP contribution in [0.1, 0.15) is 44.4 Å². The van der Waals surface area contributed by atoms with E-state index in [4.69, 9.17) is 4.74 Å². The summed E-state index contributed by atoms with van der Waals surface area (Å²) in [7, 11) is 1.64. The first-order valence-electron chi connectivity index (χ1n) is 7.05. The number of rotatable bonds is 7. The van der Waals surface area contributed by atoms with E-state index >= 15 is 0 Å². The molecule has 2 unspecified atom stereocenters. The van der Waals surface area contributed by atoms with Gasteiger partial charge in [-0.2, -0.15) is 0 Å². The summed E-state index contributed by atoms with van der Waals surface area (Å²) < 4.78 is 5.23. The van der Waals surface area contributed by atoms with Gasteiger partial charge in [0, 0.05) is 11.6 Å². The second-order valence-corrected chi connectivity index (χ2v) is 5.87. The van der Waals surface area contributed by atoms with Crippen molar-refractivity contribution in [3.8, 4) is 5.75 Å². The number of aliphatic hydroxyl groups excluding tert-OH is 2. The molecule has 0 aliphatic heterocycles. The first-order valence-corrected chi connectivity index (χ1v) is 7.05. The van der Waals surface area contributed by atoms with Crippen LogP contribution in [0, 0.1) is 6.92 Å². The van der Waals surface area contributed by atoms with E-state index in [2.05, 4.69) is 5.32 Å². The van der Waals surface area contributed by atoms with Crippen molar-refractivity contribution in [2.75, 3.05) is 13.7 Å². The van der Waals surface area contributed by atoms with Crippen LogP contribution in [0.15, 0.2) is 18.2 Å². The van der Waals surface area contributed by atoms with Crippen molar-refractivity contribution in [2.24, 2.45) is 0 Å². The number of hydrogen-bond donors (Lipinski definition) is 3. The van der Waals surface area contributed by atoms with Crippen molar-refractivity contribution < 1.29 is 14.9 Å². The maximum absolute atomic E-state index is 10.5. The zero-order valence-electron chi connectivity index (χ0n) is 13.1. The van der Waals surface area contributed by atoms with Crippen LogP contribution < -0.4 is 10.1 Å². The molecule has 0 amide bonds. The van der Waals surface area contributed by atoms with Crippen LogP contribution in [0.3, 0.4) is 0 Å². The molecular formula is C16H27NO3. The third kappa shape index (κ3) is 4.20. The Kier molecular flexibility index (Phi) is 5.99. The van der Waals surface area contributed by atoms with E-state index in [1.165, 1.54) is 0 Å². The van der Waals surface area contributed by atoms with Crippen molar-refractivity contribution in [1.29, 1.82) is 0 Å². The van der Waals surface area contributed by atoms with Gasteiger partial charge in [0.05, 0.1) is 19.8 Å². The zero-order valence-corrected chi connectivity index (χ0v) is 13.1. The van der Waals surface area contributed by atoms with Crippen LogP contribution in [0.4, 0.5) is 0 Å². The SMILES string of the molecule is CCC(NC(C)(C)CO)C(O)c1ccc(OC)c(C)c1. The summed E-state index contributed by atoms with van der Waals surface area (Å²) in [5, 5.41) is 23.2. The molecule has 114 valence electrons. The molecule has 4 nitrogen and oxygen atoms in total. The number of ether oxygens (including phenoxy) is 1. The average molecular weight is 281 g/mol. The fourth-order valence-electron chi connectivity index (χ4n) is 2.27. The van der Waals surface area contributed by atoms with Gasteiger partial charge in [-0.3, -0.25) is 0 Å². The monoisotopic (exact) mass is 281 g/mol. The molecule has 1 aromatic carbocycles. The highest BCUT2D eigenvalue weighted by Gasteiger charge is 2.26. The van der Waals surface area contributed by atoms with E-state index in [0.717, 1.165) is 23.3 Å². The molecule has 0 saturated heterocycles. The molecule has 0 aromatic heterocycles. The Hall–Kier alpha value is -1.10. The smallest absolute Gasteiger partial charge is 0.121 e. The molecule has 0 aliphatic carbocycles. The van der Waals surface area contributed by atoms with Gasteiger partial charge in [-0.1, -0.05) is 13.0 Å². The van der Waals surface area contributed by atoms with E-state index in [9.17, 15) is 10.2 Å². The summed E-state index contributed by atoms with van der Waals surface area (Å²) in [6, 6.07) is 5.59. The lowest BCUT2D eigenvalue weighted by molar-refractivity contribution is 0.0898. The predicted octanol–water partition coefficient (Wildman–Crippen LogP) is 2.18. The summed E-state index contributed by atoms with van der Waals surface area (Å²) in [5.74, 6) is 0.817. The van der Waals surface area contributed by atoms with Crippen LogP contribution in [0.2, 0.25) is 0 Å². The van der Waals surface area contributed by atoms with Crippen molar-refractivity contribution in [1.82, 2.24) is 5.32 Å². The lowest BCUT2D eigenvalue weighted by atomic mass is 9.95. The van der Waals surface area contributed by atoms with Gasteiger partial charge in [-0.15, -0.1) is 0 Å². The highest BCUT2D eigenvalue weighted by Crippen LogP contribution is 2.26. The van der Waals surface area contributed by atoms with Crippen LogP contribution >= 0.6 is 0 Å². The van der Waals surface area contributed by atoms with Gasteiger partial charge in [0.15, 0.2) is 0 Å². The minimum absolute atomic E-state index is 0.0257. The van der Waals surface area contributed by atoms with Gasteiger partial charge in [-0.25, -0.2) is 0 Å². The maximum atomic E-state index is 10.5. The molecule has 0 bridgehead atoms. The molecule has 0 heterocycles. The minimum Gasteiger partial charge on any atom is -0.496 e. The third-order valence-electron chi connectivity index (χ3n) is 3.55. The van der Waals surface area contributed by atoms with Crippen molar-refractivity contribution >= 4 is 0 Å². The number of hydrogen-bond acceptors (Lipinski definition) is 4. The molecule has 0 aliphatic rings. The highest BCUT2D eigenvalue weighted by atomic mass is 16.5. The topological polar surface area (TPSA) is 61.7 Å². The summed E-state index contributed by atoms with van der Waals surface area (Å²) >= 11 is 0. The first-order chi connectivity index (χ1) is 9.34.